The van der Waals surface area contributed by atoms with Gasteiger partial charge in [-0.1, -0.05) is 29.3 Å². The van der Waals surface area contributed by atoms with Gasteiger partial charge >= 0.3 is 12.1 Å². The second-order valence-electron chi connectivity index (χ2n) is 6.42. The molecule has 0 aliphatic rings. The molecule has 15 heteroatoms. The minimum Gasteiger partial charge on any atom is -0.506 e. The van der Waals surface area contributed by atoms with Gasteiger partial charge in [0.2, 0.25) is 5.88 Å². The van der Waals surface area contributed by atoms with Gasteiger partial charge in [0.25, 0.3) is 17.4 Å². The van der Waals surface area contributed by atoms with Crippen molar-refractivity contribution in [1.82, 2.24) is 15.2 Å². The number of halogens is 5. The lowest BCUT2D eigenvalue weighted by atomic mass is 10.1. The number of aromatic nitrogens is 1. The number of alkyl halides is 3. The van der Waals surface area contributed by atoms with Crippen LogP contribution in [0.2, 0.25) is 10.0 Å². The molecule has 0 aliphatic carbocycles. The molecule has 1 heterocycles. The highest BCUT2D eigenvalue weighted by atomic mass is 35.5. The average Bonchev–Trinajstić information content (AvgIpc) is 2.69. The maximum absolute atomic E-state index is 12.8. The van der Waals surface area contributed by atoms with Crippen molar-refractivity contribution in [3.63, 3.8) is 0 Å². The summed E-state index contributed by atoms with van der Waals surface area (Å²) in [5.74, 6) is -7.35. The highest BCUT2D eigenvalue weighted by molar-refractivity contribution is 6.35. The van der Waals surface area contributed by atoms with Crippen LogP contribution in [0.1, 0.15) is 26.3 Å². The maximum Gasteiger partial charge on any atom is 0.405 e. The Morgan fingerprint density at radius 1 is 1.03 bits per heavy atom. The number of amides is 2. The molecule has 178 valence electrons. The van der Waals surface area contributed by atoms with E-state index >= 15 is 0 Å². The average molecular weight is 512 g/mol. The second kappa shape index (κ2) is 10.0. The summed E-state index contributed by atoms with van der Waals surface area (Å²) in [5.41, 5.74) is -3.64. The Hall–Kier alpha value is -3.45. The number of hydrogen-bond acceptors (Lipinski definition) is 6. The van der Waals surface area contributed by atoms with Crippen molar-refractivity contribution < 1.29 is 42.9 Å². The Bertz CT molecular complexity index is 1180. The monoisotopic (exact) mass is 511 g/mol. The molecule has 0 saturated heterocycles. The molecule has 2 aromatic rings. The van der Waals surface area contributed by atoms with Crippen LogP contribution < -0.4 is 16.2 Å². The van der Waals surface area contributed by atoms with Gasteiger partial charge in [-0.05, 0) is 17.7 Å². The Kier molecular flexibility index (Phi) is 7.82. The minimum absolute atomic E-state index is 0.00169. The minimum atomic E-state index is -4.85. The van der Waals surface area contributed by atoms with Crippen molar-refractivity contribution in [2.75, 3.05) is 13.1 Å². The molecule has 2 amide bonds. The van der Waals surface area contributed by atoms with Crippen LogP contribution in [0.15, 0.2) is 23.0 Å². The fourth-order valence-corrected chi connectivity index (χ4v) is 3.06. The maximum atomic E-state index is 12.8. The highest BCUT2D eigenvalue weighted by Crippen LogP contribution is 2.30. The van der Waals surface area contributed by atoms with Crippen LogP contribution in [0, 0.1) is 0 Å². The number of aliphatic carboxylic acids is 1. The Labute approximate surface area is 192 Å². The Balaban J connectivity index is 2.67. The number of nitrogens with one attached hydrogen (secondary N) is 2. The molecule has 0 spiro atoms. The SMILES string of the molecule is O=C(O)CNC(=O)c1c(O)c(C(=O)NCC(F)(F)F)c(O)n(Cc2ccc(Cl)cc2Cl)c1=O. The summed E-state index contributed by atoms with van der Waals surface area (Å²) in [6, 6.07) is 3.97. The van der Waals surface area contributed by atoms with E-state index in [4.69, 9.17) is 28.3 Å². The lowest BCUT2D eigenvalue weighted by molar-refractivity contribution is -0.135. The second-order valence-corrected chi connectivity index (χ2v) is 7.27. The van der Waals surface area contributed by atoms with Crippen molar-refractivity contribution in [3.8, 4) is 11.6 Å². The summed E-state index contributed by atoms with van der Waals surface area (Å²) in [5, 5.41) is 32.8. The Morgan fingerprint density at radius 2 is 1.64 bits per heavy atom. The fraction of sp³-hybridized carbons (Fsp3) is 0.222. The molecule has 0 bridgehead atoms. The molecule has 2 rings (SSSR count). The molecule has 10 nitrogen and oxygen atoms in total. The van der Waals surface area contributed by atoms with E-state index in [1.54, 1.807) is 5.32 Å². The number of rotatable bonds is 7. The molecule has 1 aromatic heterocycles. The normalized spacial score (nSPS) is 11.2. The third kappa shape index (κ3) is 6.29. The number of benzene rings is 1. The van der Waals surface area contributed by atoms with Crippen molar-refractivity contribution in [3.05, 3.63) is 55.3 Å². The Morgan fingerprint density at radius 3 is 2.18 bits per heavy atom. The lowest BCUT2D eigenvalue weighted by Crippen LogP contribution is -2.38. The topological polar surface area (TPSA) is 158 Å². The number of carbonyl (C=O) groups excluding carboxylic acids is 2. The summed E-state index contributed by atoms with van der Waals surface area (Å²) in [7, 11) is 0. The number of carboxylic acid groups (broad SMARTS) is 1. The quantitative estimate of drug-likeness (QED) is 0.378. The number of nitrogens with zero attached hydrogens (tertiary/aromatic N) is 1. The van der Waals surface area contributed by atoms with Gasteiger partial charge in [0.15, 0.2) is 5.75 Å². The zero-order valence-electron chi connectivity index (χ0n) is 16.2. The van der Waals surface area contributed by atoms with Crippen molar-refractivity contribution in [2.45, 2.75) is 12.7 Å². The van der Waals surface area contributed by atoms with E-state index in [-0.39, 0.29) is 15.6 Å². The number of pyridine rings is 1. The van der Waals surface area contributed by atoms with Gasteiger partial charge in [-0.3, -0.25) is 23.7 Å². The highest BCUT2D eigenvalue weighted by Gasteiger charge is 2.33. The number of aromatic hydroxyl groups is 2. The van der Waals surface area contributed by atoms with E-state index in [0.717, 1.165) is 0 Å². The molecule has 0 unspecified atom stereocenters. The molecule has 5 N–H and O–H groups in total. The predicted octanol–water partition coefficient (Wildman–Crippen LogP) is 1.72. The molecule has 0 atom stereocenters. The zero-order chi connectivity index (χ0) is 25.1. The van der Waals surface area contributed by atoms with E-state index in [2.05, 4.69) is 0 Å². The zero-order valence-corrected chi connectivity index (χ0v) is 17.7. The molecule has 0 aliphatic heterocycles. The van der Waals surface area contributed by atoms with Crippen molar-refractivity contribution >= 4 is 41.0 Å². The molecular formula is C18H14Cl2F3N3O7. The number of carbonyl (C=O) groups is 3. The smallest absolute Gasteiger partial charge is 0.405 e. The third-order valence-electron chi connectivity index (χ3n) is 4.06. The first kappa shape index (κ1) is 25.8. The summed E-state index contributed by atoms with van der Waals surface area (Å²) >= 11 is 11.8. The van der Waals surface area contributed by atoms with Crippen LogP contribution >= 0.6 is 23.2 Å². The fourth-order valence-electron chi connectivity index (χ4n) is 2.59. The third-order valence-corrected chi connectivity index (χ3v) is 4.65. The van der Waals surface area contributed by atoms with Gasteiger partial charge in [0.05, 0.1) is 6.54 Å². The standard InChI is InChI=1S/C18H14Cl2F3N3O7/c19-8-2-1-7(9(20)3-8)5-26-16(32)11(14(30)24-4-10(27)28)13(29)12(17(26)33)15(31)25-6-18(21,22)23/h1-3,29,33H,4-6H2,(H,24,30)(H,25,31)(H,27,28). The van der Waals surface area contributed by atoms with E-state index in [1.807, 2.05) is 0 Å². The molecule has 0 fully saturated rings. The number of carboxylic acids is 1. The van der Waals surface area contributed by atoms with Crippen molar-refractivity contribution in [1.29, 1.82) is 0 Å². The van der Waals surface area contributed by atoms with E-state index in [0.29, 0.717) is 4.57 Å². The van der Waals surface area contributed by atoms with Crippen LogP contribution in [0.3, 0.4) is 0 Å². The van der Waals surface area contributed by atoms with Gasteiger partial charge in [0.1, 0.15) is 24.2 Å². The molecular weight excluding hydrogens is 498 g/mol. The van der Waals surface area contributed by atoms with Crippen LogP contribution in [-0.2, 0) is 11.3 Å². The molecule has 1 aromatic carbocycles. The summed E-state index contributed by atoms with van der Waals surface area (Å²) in [6.07, 6.45) is -4.85. The van der Waals surface area contributed by atoms with Crippen LogP contribution in [0.4, 0.5) is 13.2 Å². The van der Waals surface area contributed by atoms with Crippen LogP contribution in [0.25, 0.3) is 0 Å². The molecule has 33 heavy (non-hydrogen) atoms. The van der Waals surface area contributed by atoms with Gasteiger partial charge in [0, 0.05) is 10.0 Å². The predicted molar refractivity (Wildman–Crippen MR) is 108 cm³/mol. The number of hydrogen-bond donors (Lipinski definition) is 5. The first-order chi connectivity index (χ1) is 15.2. The van der Waals surface area contributed by atoms with E-state index in [9.17, 15) is 42.6 Å². The van der Waals surface area contributed by atoms with Gasteiger partial charge in [-0.25, -0.2) is 0 Å². The van der Waals surface area contributed by atoms with Crippen LogP contribution in [0.5, 0.6) is 11.6 Å². The molecule has 0 saturated carbocycles. The summed E-state index contributed by atoms with van der Waals surface area (Å²) < 4.78 is 37.8. The van der Waals surface area contributed by atoms with Gasteiger partial charge in [-0.15, -0.1) is 0 Å². The summed E-state index contributed by atoms with van der Waals surface area (Å²) in [6.45, 7) is -3.44. The first-order valence-corrected chi connectivity index (χ1v) is 9.46. The molecule has 0 radical (unpaired) electrons. The first-order valence-electron chi connectivity index (χ1n) is 8.70. The van der Waals surface area contributed by atoms with E-state index < -0.39 is 71.9 Å². The summed E-state index contributed by atoms with van der Waals surface area (Å²) in [4.78, 5) is 48.1. The lowest BCUT2D eigenvalue weighted by Gasteiger charge is -2.17. The van der Waals surface area contributed by atoms with Gasteiger partial charge < -0.3 is 26.0 Å². The van der Waals surface area contributed by atoms with Crippen molar-refractivity contribution in [2.24, 2.45) is 0 Å². The largest absolute Gasteiger partial charge is 0.506 e. The van der Waals surface area contributed by atoms with Crippen LogP contribution in [-0.4, -0.2) is 56.9 Å². The van der Waals surface area contributed by atoms with E-state index in [1.165, 1.54) is 23.5 Å². The van der Waals surface area contributed by atoms with Gasteiger partial charge in [-0.2, -0.15) is 13.2 Å².